The molecule has 0 saturated heterocycles. The molecule has 3 N–H and O–H groups in total. The predicted octanol–water partition coefficient (Wildman–Crippen LogP) is 3.17. The highest BCUT2D eigenvalue weighted by Gasteiger charge is 2.35. The van der Waals surface area contributed by atoms with Crippen LogP contribution in [0.4, 0.5) is 5.69 Å². The molecule has 4 nitrogen and oxygen atoms in total. The highest BCUT2D eigenvalue weighted by Crippen LogP contribution is 2.36. The second-order valence-electron chi connectivity index (χ2n) is 6.09. The molecule has 0 heterocycles. The summed E-state index contributed by atoms with van der Waals surface area (Å²) in [6.45, 7) is 4.20. The first kappa shape index (κ1) is 15.6. The predicted molar refractivity (Wildman–Crippen MR) is 82.2 cm³/mol. The number of hydrogen-bond donors (Lipinski definition) is 2. The number of sulfonamides is 1. The fourth-order valence-corrected chi connectivity index (χ4v) is 4.46. The number of nitrogens with two attached hydrogens (primary N) is 1. The average Bonchev–Trinajstić information content (AvgIpc) is 2.31. The fourth-order valence-electron chi connectivity index (χ4n) is 2.73. The average molecular weight is 317 g/mol. The molecule has 0 radical (unpaired) electrons. The minimum absolute atomic E-state index is 0.0352. The highest BCUT2D eigenvalue weighted by atomic mass is 35.5. The lowest BCUT2D eigenvalue weighted by molar-refractivity contribution is 0.188. The molecule has 1 atom stereocenters. The van der Waals surface area contributed by atoms with Gasteiger partial charge in [0.2, 0.25) is 10.0 Å². The van der Waals surface area contributed by atoms with Gasteiger partial charge in [-0.05, 0) is 36.5 Å². The topological polar surface area (TPSA) is 72.2 Å². The van der Waals surface area contributed by atoms with Crippen molar-refractivity contribution in [3.8, 4) is 0 Å². The van der Waals surface area contributed by atoms with Crippen LogP contribution >= 0.6 is 11.6 Å². The van der Waals surface area contributed by atoms with Gasteiger partial charge in [-0.15, -0.1) is 0 Å². The second kappa shape index (κ2) is 5.54. The second-order valence-corrected chi connectivity index (χ2v) is 8.21. The zero-order chi connectivity index (χ0) is 15.0. The third-order valence-corrected chi connectivity index (χ3v) is 5.85. The van der Waals surface area contributed by atoms with Crippen molar-refractivity contribution in [2.45, 2.75) is 50.5 Å². The number of benzene rings is 1. The lowest BCUT2D eigenvalue weighted by Gasteiger charge is -2.38. The van der Waals surface area contributed by atoms with Crippen LogP contribution in [0.2, 0.25) is 5.02 Å². The van der Waals surface area contributed by atoms with Gasteiger partial charge in [0.15, 0.2) is 0 Å². The third kappa shape index (κ3) is 3.27. The largest absolute Gasteiger partial charge is 0.398 e. The summed E-state index contributed by atoms with van der Waals surface area (Å²) < 4.78 is 27.8. The van der Waals surface area contributed by atoms with E-state index in [9.17, 15) is 8.42 Å². The van der Waals surface area contributed by atoms with E-state index in [0.29, 0.717) is 5.02 Å². The van der Waals surface area contributed by atoms with Gasteiger partial charge in [0.25, 0.3) is 0 Å². The van der Waals surface area contributed by atoms with Crippen molar-refractivity contribution in [2.75, 3.05) is 5.73 Å². The monoisotopic (exact) mass is 316 g/mol. The Hall–Kier alpha value is -0.780. The molecule has 1 fully saturated rings. The Kier molecular flexibility index (Phi) is 4.33. The Morgan fingerprint density at radius 2 is 2.05 bits per heavy atom. The Morgan fingerprint density at radius 3 is 2.65 bits per heavy atom. The summed E-state index contributed by atoms with van der Waals surface area (Å²) >= 11 is 5.81. The molecule has 1 aromatic carbocycles. The van der Waals surface area contributed by atoms with E-state index in [1.165, 1.54) is 12.1 Å². The number of anilines is 1. The summed E-state index contributed by atoms with van der Waals surface area (Å²) in [6, 6.07) is 4.40. The quantitative estimate of drug-likeness (QED) is 0.841. The number of nitrogens with one attached hydrogen (secondary N) is 1. The van der Waals surface area contributed by atoms with Gasteiger partial charge in [-0.2, -0.15) is 0 Å². The van der Waals surface area contributed by atoms with E-state index in [-0.39, 0.29) is 22.0 Å². The molecule has 0 amide bonds. The first-order valence-corrected chi connectivity index (χ1v) is 8.66. The van der Waals surface area contributed by atoms with Crippen molar-refractivity contribution >= 4 is 27.3 Å². The van der Waals surface area contributed by atoms with E-state index in [1.54, 1.807) is 6.07 Å². The maximum atomic E-state index is 12.5. The van der Waals surface area contributed by atoms with Crippen LogP contribution in [0.25, 0.3) is 0 Å². The molecule has 1 unspecified atom stereocenters. The SMILES string of the molecule is CC1(C)CCCCC1NS(=O)(=O)c1ccc(Cl)cc1N. The van der Waals surface area contributed by atoms with Gasteiger partial charge in [0.05, 0.1) is 5.69 Å². The summed E-state index contributed by atoms with van der Waals surface area (Å²) in [5.74, 6) is 0. The van der Waals surface area contributed by atoms with E-state index in [0.717, 1.165) is 25.7 Å². The molecule has 1 saturated carbocycles. The summed E-state index contributed by atoms with van der Waals surface area (Å²) in [5.41, 5.74) is 5.92. The molecule has 6 heteroatoms. The Labute approximate surface area is 125 Å². The van der Waals surface area contributed by atoms with E-state index >= 15 is 0 Å². The number of hydrogen-bond acceptors (Lipinski definition) is 3. The summed E-state index contributed by atoms with van der Waals surface area (Å²) in [4.78, 5) is 0.100. The van der Waals surface area contributed by atoms with E-state index in [1.807, 2.05) is 0 Å². The molecule has 0 aromatic heterocycles. The molecule has 0 bridgehead atoms. The van der Waals surface area contributed by atoms with Gasteiger partial charge in [0.1, 0.15) is 4.90 Å². The fraction of sp³-hybridized carbons (Fsp3) is 0.571. The Bertz CT molecular complexity index is 599. The van der Waals surface area contributed by atoms with Gasteiger partial charge in [-0.1, -0.05) is 38.3 Å². The lowest BCUT2D eigenvalue weighted by atomic mass is 9.74. The minimum atomic E-state index is -3.61. The zero-order valence-electron chi connectivity index (χ0n) is 11.8. The number of halogens is 1. The van der Waals surface area contributed by atoms with Crippen LogP contribution in [0.5, 0.6) is 0 Å². The van der Waals surface area contributed by atoms with Crippen molar-refractivity contribution in [2.24, 2.45) is 5.41 Å². The van der Waals surface area contributed by atoms with Crippen molar-refractivity contribution in [3.63, 3.8) is 0 Å². The summed E-state index contributed by atoms with van der Waals surface area (Å²) in [7, 11) is -3.61. The van der Waals surface area contributed by atoms with Crippen LogP contribution in [0.1, 0.15) is 39.5 Å². The highest BCUT2D eigenvalue weighted by molar-refractivity contribution is 7.89. The van der Waals surface area contributed by atoms with Crippen LogP contribution < -0.4 is 10.5 Å². The summed E-state index contributed by atoms with van der Waals surface area (Å²) in [6.07, 6.45) is 4.08. The van der Waals surface area contributed by atoms with Crippen molar-refractivity contribution in [1.29, 1.82) is 0 Å². The van der Waals surface area contributed by atoms with Crippen LogP contribution in [-0.2, 0) is 10.0 Å². The molecular formula is C14H21ClN2O2S. The van der Waals surface area contributed by atoms with Crippen LogP contribution in [0.15, 0.2) is 23.1 Å². The molecule has 112 valence electrons. The van der Waals surface area contributed by atoms with Gasteiger partial charge in [-0.3, -0.25) is 0 Å². The molecule has 0 aliphatic heterocycles. The van der Waals surface area contributed by atoms with Gasteiger partial charge in [-0.25, -0.2) is 13.1 Å². The molecule has 2 rings (SSSR count). The van der Waals surface area contributed by atoms with Gasteiger partial charge >= 0.3 is 0 Å². The van der Waals surface area contributed by atoms with Crippen molar-refractivity contribution in [1.82, 2.24) is 4.72 Å². The molecule has 1 aromatic rings. The van der Waals surface area contributed by atoms with Gasteiger partial charge < -0.3 is 5.73 Å². The van der Waals surface area contributed by atoms with Crippen LogP contribution in [0, 0.1) is 5.41 Å². The normalized spacial score (nSPS) is 22.6. The Balaban J connectivity index is 2.27. The smallest absolute Gasteiger partial charge is 0.242 e. The van der Waals surface area contributed by atoms with E-state index in [2.05, 4.69) is 18.6 Å². The standard InChI is InChI=1S/C14H21ClN2O2S/c1-14(2)8-4-3-5-13(14)17-20(18,19)12-7-6-10(15)9-11(12)16/h6-7,9,13,17H,3-5,8,16H2,1-2H3. The molecule has 0 spiro atoms. The summed E-state index contributed by atoms with van der Waals surface area (Å²) in [5, 5.41) is 0.430. The first-order valence-electron chi connectivity index (χ1n) is 6.80. The number of nitrogen functional groups attached to an aromatic ring is 1. The molecular weight excluding hydrogens is 296 g/mol. The maximum Gasteiger partial charge on any atom is 0.242 e. The zero-order valence-corrected chi connectivity index (χ0v) is 13.4. The van der Waals surface area contributed by atoms with Crippen LogP contribution in [-0.4, -0.2) is 14.5 Å². The van der Waals surface area contributed by atoms with Gasteiger partial charge in [0, 0.05) is 11.1 Å². The first-order chi connectivity index (χ1) is 9.22. The molecule has 1 aliphatic carbocycles. The minimum Gasteiger partial charge on any atom is -0.398 e. The van der Waals surface area contributed by atoms with E-state index < -0.39 is 10.0 Å². The molecule has 1 aliphatic rings. The van der Waals surface area contributed by atoms with E-state index in [4.69, 9.17) is 17.3 Å². The van der Waals surface area contributed by atoms with Crippen LogP contribution in [0.3, 0.4) is 0 Å². The lowest BCUT2D eigenvalue weighted by Crippen LogP contribution is -2.46. The third-order valence-electron chi connectivity index (χ3n) is 4.07. The maximum absolute atomic E-state index is 12.5. The molecule has 20 heavy (non-hydrogen) atoms. The van der Waals surface area contributed by atoms with Crippen molar-refractivity contribution in [3.05, 3.63) is 23.2 Å². The number of rotatable bonds is 3. The Morgan fingerprint density at radius 1 is 1.35 bits per heavy atom. The van der Waals surface area contributed by atoms with Crippen molar-refractivity contribution < 1.29 is 8.42 Å².